The quantitative estimate of drug-likeness (QED) is 0.520. The molecule has 5 heteroatoms. The zero-order valence-electron chi connectivity index (χ0n) is 17.4. The lowest BCUT2D eigenvalue weighted by molar-refractivity contribution is -0.483. The maximum Gasteiger partial charge on any atom is 0.201 e. The number of hydrogen-bond acceptors (Lipinski definition) is 4. The minimum absolute atomic E-state index is 0.228. The molecule has 1 saturated heterocycles. The summed E-state index contributed by atoms with van der Waals surface area (Å²) in [6.07, 6.45) is 2.91. The summed E-state index contributed by atoms with van der Waals surface area (Å²) < 4.78 is 19.3. The molecule has 2 fully saturated rings. The highest BCUT2D eigenvalue weighted by atomic mass is 19.1. The highest BCUT2D eigenvalue weighted by Crippen LogP contribution is 2.39. The average Bonchev–Trinajstić information content (AvgIpc) is 2.82. The summed E-state index contributed by atoms with van der Waals surface area (Å²) in [4.78, 5) is 11.6. The summed E-state index contributed by atoms with van der Waals surface area (Å²) in [5, 5.41) is 5.82. The van der Waals surface area contributed by atoms with E-state index in [2.05, 4.69) is 42.2 Å². The lowest BCUT2D eigenvalue weighted by atomic mass is 9.89. The molecule has 0 bridgehead atoms. The topological polar surface area (TPSA) is 39.7 Å². The molecule has 5 rings (SSSR count). The van der Waals surface area contributed by atoms with Crippen molar-refractivity contribution >= 4 is 22.0 Å². The molecule has 3 aromatic carbocycles. The smallest absolute Gasteiger partial charge is 0.201 e. The first kappa shape index (κ1) is 20.2. The van der Waals surface area contributed by atoms with Crippen LogP contribution < -0.4 is 5.32 Å². The number of fused-ring (bicyclic) bond motifs is 1. The Balaban J connectivity index is 1.16. The highest BCUT2D eigenvalue weighted by molar-refractivity contribution is 5.86. The maximum atomic E-state index is 13.1. The van der Waals surface area contributed by atoms with Gasteiger partial charge in [-0.1, -0.05) is 43.0 Å². The van der Waals surface area contributed by atoms with E-state index in [9.17, 15) is 4.39 Å². The van der Waals surface area contributed by atoms with Gasteiger partial charge in [0.05, 0.1) is 6.61 Å². The van der Waals surface area contributed by atoms with Crippen molar-refractivity contribution in [2.45, 2.75) is 43.6 Å². The van der Waals surface area contributed by atoms with Crippen LogP contribution in [0.2, 0.25) is 0 Å². The number of benzene rings is 3. The molecule has 0 aromatic heterocycles. The normalized spacial score (nSPS) is 26.1. The molecule has 1 spiro atoms. The Labute approximate surface area is 181 Å². The first-order chi connectivity index (χ1) is 15.1. The third-order valence-electron chi connectivity index (χ3n) is 6.29. The SMILES string of the molecule is C=C(c1ccc2ccccc2c1)C1COC2(CCC(Nc3ccc(F)cc3)CC2)OO1. The summed E-state index contributed by atoms with van der Waals surface area (Å²) >= 11 is 0. The van der Waals surface area contributed by atoms with Crippen LogP contribution in [0.25, 0.3) is 16.3 Å². The first-order valence-electron chi connectivity index (χ1n) is 10.8. The molecule has 1 unspecified atom stereocenters. The number of anilines is 1. The van der Waals surface area contributed by atoms with Crippen molar-refractivity contribution in [1.82, 2.24) is 0 Å². The molecule has 0 radical (unpaired) electrons. The van der Waals surface area contributed by atoms with Gasteiger partial charge in [0, 0.05) is 24.6 Å². The molecule has 1 heterocycles. The monoisotopic (exact) mass is 419 g/mol. The van der Waals surface area contributed by atoms with E-state index in [1.54, 1.807) is 12.1 Å². The molecule has 31 heavy (non-hydrogen) atoms. The number of rotatable bonds is 4. The van der Waals surface area contributed by atoms with Crippen LogP contribution in [0.5, 0.6) is 0 Å². The van der Waals surface area contributed by atoms with Crippen LogP contribution in [0, 0.1) is 5.82 Å². The van der Waals surface area contributed by atoms with Crippen molar-refractivity contribution in [3.05, 3.63) is 84.7 Å². The largest absolute Gasteiger partial charge is 0.382 e. The van der Waals surface area contributed by atoms with Crippen LogP contribution >= 0.6 is 0 Å². The fourth-order valence-corrected chi connectivity index (χ4v) is 4.37. The van der Waals surface area contributed by atoms with E-state index < -0.39 is 5.79 Å². The van der Waals surface area contributed by atoms with E-state index in [0.29, 0.717) is 12.6 Å². The van der Waals surface area contributed by atoms with Gasteiger partial charge in [-0.15, -0.1) is 0 Å². The van der Waals surface area contributed by atoms with Crippen molar-refractivity contribution < 1.29 is 18.9 Å². The molecule has 2 aliphatic rings. The lowest BCUT2D eigenvalue weighted by Gasteiger charge is -2.43. The van der Waals surface area contributed by atoms with Crippen LogP contribution in [0.1, 0.15) is 31.2 Å². The number of ether oxygens (including phenoxy) is 1. The molecule has 160 valence electrons. The number of hydrogen-bond donors (Lipinski definition) is 1. The van der Waals surface area contributed by atoms with Gasteiger partial charge in [0.25, 0.3) is 0 Å². The Morgan fingerprint density at radius 3 is 2.42 bits per heavy atom. The van der Waals surface area contributed by atoms with Gasteiger partial charge < -0.3 is 10.1 Å². The Bertz CT molecular complexity index is 1060. The predicted octanol–water partition coefficient (Wildman–Crippen LogP) is 6.09. The highest BCUT2D eigenvalue weighted by Gasteiger charge is 2.43. The van der Waals surface area contributed by atoms with Gasteiger partial charge in [0.15, 0.2) is 0 Å². The lowest BCUT2D eigenvalue weighted by Crippen LogP contribution is -2.49. The Kier molecular flexibility index (Phi) is 5.48. The van der Waals surface area contributed by atoms with E-state index in [-0.39, 0.29) is 11.9 Å². The second-order valence-electron chi connectivity index (χ2n) is 8.40. The summed E-state index contributed by atoms with van der Waals surface area (Å²) in [5.74, 6) is -0.921. The van der Waals surface area contributed by atoms with E-state index in [4.69, 9.17) is 14.5 Å². The van der Waals surface area contributed by atoms with Gasteiger partial charge in [-0.05, 0) is 65.1 Å². The van der Waals surface area contributed by atoms with Gasteiger partial charge in [-0.2, -0.15) is 0 Å². The molecule has 1 aliphatic heterocycles. The fraction of sp³-hybridized carbons (Fsp3) is 0.308. The minimum Gasteiger partial charge on any atom is -0.382 e. The van der Waals surface area contributed by atoms with Crippen LogP contribution in [-0.2, 0) is 14.5 Å². The number of nitrogens with one attached hydrogen (secondary N) is 1. The average molecular weight is 419 g/mol. The van der Waals surface area contributed by atoms with Crippen molar-refractivity contribution in [2.24, 2.45) is 0 Å². The Morgan fingerprint density at radius 2 is 1.71 bits per heavy atom. The minimum atomic E-state index is -0.693. The van der Waals surface area contributed by atoms with Crippen LogP contribution in [-0.4, -0.2) is 24.5 Å². The van der Waals surface area contributed by atoms with Gasteiger partial charge in [0.2, 0.25) is 5.79 Å². The van der Waals surface area contributed by atoms with E-state index in [0.717, 1.165) is 42.5 Å². The molecule has 1 aliphatic carbocycles. The van der Waals surface area contributed by atoms with Crippen molar-refractivity contribution in [3.8, 4) is 0 Å². The molecule has 4 nitrogen and oxygen atoms in total. The van der Waals surface area contributed by atoms with Gasteiger partial charge in [0.1, 0.15) is 11.9 Å². The Hall–Kier alpha value is -2.73. The molecular weight excluding hydrogens is 393 g/mol. The molecule has 1 atom stereocenters. The second-order valence-corrected chi connectivity index (χ2v) is 8.40. The third-order valence-corrected chi connectivity index (χ3v) is 6.29. The summed E-state index contributed by atoms with van der Waals surface area (Å²) in [6.45, 7) is 4.65. The molecule has 3 aromatic rings. The maximum absolute atomic E-state index is 13.1. The zero-order chi connectivity index (χ0) is 21.3. The standard InChI is InChI=1S/C26H26FNO3/c1-18(20-7-6-19-4-2-3-5-21(19)16-20)25-17-29-26(31-30-25)14-12-24(13-15-26)28-23-10-8-22(27)9-11-23/h2-11,16,24-25,28H,1,12-15,17H2. The third kappa shape index (κ3) is 4.35. The summed E-state index contributed by atoms with van der Waals surface area (Å²) in [5.41, 5.74) is 2.81. The van der Waals surface area contributed by atoms with Crippen molar-refractivity contribution in [2.75, 3.05) is 11.9 Å². The second kappa shape index (κ2) is 8.42. The van der Waals surface area contributed by atoms with E-state index in [1.165, 1.54) is 22.9 Å². The Morgan fingerprint density at radius 1 is 0.968 bits per heavy atom. The molecule has 1 N–H and O–H groups in total. The van der Waals surface area contributed by atoms with Gasteiger partial charge in [-0.3, -0.25) is 0 Å². The van der Waals surface area contributed by atoms with Crippen molar-refractivity contribution in [1.29, 1.82) is 0 Å². The summed E-state index contributed by atoms with van der Waals surface area (Å²) in [7, 11) is 0. The molecule has 0 amide bonds. The predicted molar refractivity (Wildman–Crippen MR) is 120 cm³/mol. The summed E-state index contributed by atoms with van der Waals surface area (Å²) in [6, 6.07) is 21.3. The first-order valence-corrected chi connectivity index (χ1v) is 10.8. The molecule has 1 saturated carbocycles. The van der Waals surface area contributed by atoms with E-state index >= 15 is 0 Å². The molecular formula is C26H26FNO3. The van der Waals surface area contributed by atoms with Crippen LogP contribution in [0.4, 0.5) is 10.1 Å². The van der Waals surface area contributed by atoms with Crippen LogP contribution in [0.15, 0.2) is 73.3 Å². The van der Waals surface area contributed by atoms with E-state index in [1.807, 2.05) is 12.1 Å². The van der Waals surface area contributed by atoms with Gasteiger partial charge in [-0.25, -0.2) is 14.2 Å². The van der Waals surface area contributed by atoms with Gasteiger partial charge >= 0.3 is 0 Å². The number of halogens is 1. The zero-order valence-corrected chi connectivity index (χ0v) is 17.4. The van der Waals surface area contributed by atoms with Crippen molar-refractivity contribution in [3.63, 3.8) is 0 Å². The van der Waals surface area contributed by atoms with Crippen LogP contribution in [0.3, 0.4) is 0 Å². The fourth-order valence-electron chi connectivity index (χ4n) is 4.37.